The molecule has 0 radical (unpaired) electrons. The van der Waals surface area contributed by atoms with Gasteiger partial charge < -0.3 is 5.32 Å². The summed E-state index contributed by atoms with van der Waals surface area (Å²) < 4.78 is 14.1. The predicted octanol–water partition coefficient (Wildman–Crippen LogP) is 4.91. The molecule has 1 aliphatic rings. The van der Waals surface area contributed by atoms with Gasteiger partial charge in [-0.15, -0.1) is 23.1 Å². The van der Waals surface area contributed by atoms with Gasteiger partial charge in [0, 0.05) is 21.6 Å². The van der Waals surface area contributed by atoms with Crippen molar-refractivity contribution < 1.29 is 9.18 Å². The van der Waals surface area contributed by atoms with E-state index in [1.807, 2.05) is 6.07 Å². The van der Waals surface area contributed by atoms with Gasteiger partial charge in [-0.3, -0.25) is 4.79 Å². The molecule has 2 heterocycles. The van der Waals surface area contributed by atoms with Crippen LogP contribution in [0.5, 0.6) is 0 Å². The van der Waals surface area contributed by atoms with E-state index in [4.69, 9.17) is 11.6 Å². The summed E-state index contributed by atoms with van der Waals surface area (Å²) in [5.74, 6) is 0.453. The van der Waals surface area contributed by atoms with Crippen LogP contribution in [-0.2, 0) is 4.79 Å². The molecule has 22 heavy (non-hydrogen) atoms. The van der Waals surface area contributed by atoms with E-state index in [9.17, 15) is 9.18 Å². The third-order valence-electron chi connectivity index (χ3n) is 3.32. The Bertz CT molecular complexity index is 729. The fourth-order valence-corrected chi connectivity index (χ4v) is 4.38. The highest BCUT2D eigenvalue weighted by Crippen LogP contribution is 2.36. The number of carbonyl (C=O) groups excluding carboxylic acids is 1. The number of nitrogens with one attached hydrogen (secondary N) is 1. The molecule has 1 unspecified atom stereocenters. The smallest absolute Gasteiger partial charge is 0.244 e. The molecular weight excluding hydrogens is 341 g/mol. The number of carbonyl (C=O) groups is 1. The molecule has 1 N–H and O–H groups in total. The first-order chi connectivity index (χ1) is 10.6. The van der Waals surface area contributed by atoms with Crippen molar-refractivity contribution in [1.29, 1.82) is 0 Å². The van der Waals surface area contributed by atoms with E-state index in [-0.39, 0.29) is 17.8 Å². The van der Waals surface area contributed by atoms with Gasteiger partial charge >= 0.3 is 0 Å². The van der Waals surface area contributed by atoms with Crippen molar-refractivity contribution in [2.24, 2.45) is 0 Å². The molecule has 1 atom stereocenters. The first-order valence-corrected chi connectivity index (χ1v) is 8.96. The standard InChI is InChI=1S/C16H13ClFNOS2/c17-15-5-2-11(22-15)3-6-16(20)19-13-7-8-21-14-4-1-10(18)9-12(13)14/h1-6,9,13H,7-8H2,(H,19,20)/b6-3+. The SMILES string of the molecule is O=C(/C=C/c1ccc(Cl)s1)NC1CCSc2ccc(F)cc21. The van der Waals surface area contributed by atoms with Crippen molar-refractivity contribution in [1.82, 2.24) is 5.32 Å². The second-order valence-corrected chi connectivity index (χ2v) is 7.74. The molecular formula is C16H13ClFNOS2. The number of fused-ring (bicyclic) bond motifs is 1. The zero-order chi connectivity index (χ0) is 15.5. The Morgan fingerprint density at radius 1 is 1.36 bits per heavy atom. The number of benzene rings is 1. The molecule has 1 aromatic heterocycles. The minimum atomic E-state index is -0.274. The minimum Gasteiger partial charge on any atom is -0.346 e. The predicted molar refractivity (Wildman–Crippen MR) is 91.0 cm³/mol. The van der Waals surface area contributed by atoms with Gasteiger partial charge in [-0.05, 0) is 48.4 Å². The lowest BCUT2D eigenvalue weighted by Gasteiger charge is -2.25. The lowest BCUT2D eigenvalue weighted by molar-refractivity contribution is -0.117. The second kappa shape index (κ2) is 6.86. The lowest BCUT2D eigenvalue weighted by atomic mass is 10.0. The van der Waals surface area contributed by atoms with Gasteiger partial charge in [0.15, 0.2) is 0 Å². The summed E-state index contributed by atoms with van der Waals surface area (Å²) >= 11 is 8.95. The molecule has 2 aromatic rings. The van der Waals surface area contributed by atoms with Crippen molar-refractivity contribution in [3.05, 3.63) is 57.0 Å². The summed E-state index contributed by atoms with van der Waals surface area (Å²) in [7, 11) is 0. The largest absolute Gasteiger partial charge is 0.346 e. The normalized spacial score (nSPS) is 17.5. The van der Waals surface area contributed by atoms with Crippen molar-refractivity contribution in [3.63, 3.8) is 0 Å². The average molecular weight is 354 g/mol. The van der Waals surface area contributed by atoms with Crippen LogP contribution in [0.1, 0.15) is 22.9 Å². The fraction of sp³-hybridized carbons (Fsp3) is 0.188. The molecule has 2 nitrogen and oxygen atoms in total. The maximum absolute atomic E-state index is 13.4. The lowest BCUT2D eigenvalue weighted by Crippen LogP contribution is -2.29. The summed E-state index contributed by atoms with van der Waals surface area (Å²) in [5.41, 5.74) is 0.858. The Kier molecular flexibility index (Phi) is 4.86. The maximum atomic E-state index is 13.4. The van der Waals surface area contributed by atoms with Crippen LogP contribution in [0.3, 0.4) is 0 Å². The molecule has 1 aromatic carbocycles. The number of hydrogen-bond acceptors (Lipinski definition) is 3. The van der Waals surface area contributed by atoms with Gasteiger partial charge in [-0.2, -0.15) is 0 Å². The molecule has 0 aliphatic carbocycles. The summed E-state index contributed by atoms with van der Waals surface area (Å²) in [6.45, 7) is 0. The Hall–Kier alpha value is -1.30. The Balaban J connectivity index is 1.70. The molecule has 0 saturated heterocycles. The second-order valence-electron chi connectivity index (χ2n) is 4.86. The van der Waals surface area contributed by atoms with E-state index in [0.717, 1.165) is 27.5 Å². The van der Waals surface area contributed by atoms with Crippen molar-refractivity contribution in [3.8, 4) is 0 Å². The highest BCUT2D eigenvalue weighted by atomic mass is 35.5. The Morgan fingerprint density at radius 2 is 2.23 bits per heavy atom. The van der Waals surface area contributed by atoms with Gasteiger partial charge in [0.2, 0.25) is 5.91 Å². The van der Waals surface area contributed by atoms with Gasteiger partial charge in [0.05, 0.1) is 10.4 Å². The Morgan fingerprint density at radius 3 is 3.00 bits per heavy atom. The summed E-state index contributed by atoms with van der Waals surface area (Å²) in [5, 5.41) is 2.95. The van der Waals surface area contributed by atoms with Crippen molar-refractivity contribution >= 4 is 46.7 Å². The van der Waals surface area contributed by atoms with Gasteiger partial charge in [0.1, 0.15) is 5.82 Å². The van der Waals surface area contributed by atoms with Crippen LogP contribution in [-0.4, -0.2) is 11.7 Å². The van der Waals surface area contributed by atoms with E-state index in [1.54, 1.807) is 30.0 Å². The summed E-state index contributed by atoms with van der Waals surface area (Å²) in [6.07, 6.45) is 4.02. The highest BCUT2D eigenvalue weighted by molar-refractivity contribution is 7.99. The van der Waals surface area contributed by atoms with Crippen molar-refractivity contribution in [2.75, 3.05) is 5.75 Å². The van der Waals surface area contributed by atoms with Crippen LogP contribution in [0, 0.1) is 5.82 Å². The molecule has 6 heteroatoms. The molecule has 3 rings (SSSR count). The number of amides is 1. The van der Waals surface area contributed by atoms with Crippen LogP contribution < -0.4 is 5.32 Å². The van der Waals surface area contributed by atoms with Crippen LogP contribution in [0.2, 0.25) is 4.34 Å². The summed E-state index contributed by atoms with van der Waals surface area (Å²) in [4.78, 5) is 14.0. The van der Waals surface area contributed by atoms with Crippen LogP contribution in [0.25, 0.3) is 6.08 Å². The zero-order valence-electron chi connectivity index (χ0n) is 11.5. The monoisotopic (exact) mass is 353 g/mol. The number of halogens is 2. The van der Waals surface area contributed by atoms with Gasteiger partial charge in [-0.25, -0.2) is 4.39 Å². The van der Waals surface area contributed by atoms with E-state index in [2.05, 4.69) is 5.32 Å². The number of thiophene rings is 1. The molecule has 114 valence electrons. The van der Waals surface area contributed by atoms with Gasteiger partial charge in [0.25, 0.3) is 0 Å². The third kappa shape index (κ3) is 3.72. The average Bonchev–Trinajstić information content (AvgIpc) is 2.91. The number of hydrogen-bond donors (Lipinski definition) is 1. The Labute approximate surface area is 141 Å². The molecule has 0 spiro atoms. The first kappa shape index (κ1) is 15.6. The fourth-order valence-electron chi connectivity index (χ4n) is 2.31. The molecule has 0 fully saturated rings. The van der Waals surface area contributed by atoms with E-state index in [0.29, 0.717) is 4.34 Å². The van der Waals surface area contributed by atoms with Crippen molar-refractivity contribution in [2.45, 2.75) is 17.4 Å². The van der Waals surface area contributed by atoms with E-state index >= 15 is 0 Å². The van der Waals surface area contributed by atoms with Gasteiger partial charge in [-0.1, -0.05) is 11.6 Å². The molecule has 1 aliphatic heterocycles. The van der Waals surface area contributed by atoms with Crippen LogP contribution >= 0.6 is 34.7 Å². The van der Waals surface area contributed by atoms with Crippen LogP contribution in [0.15, 0.2) is 41.3 Å². The third-order valence-corrected chi connectivity index (χ3v) is 5.64. The first-order valence-electron chi connectivity index (χ1n) is 6.78. The highest BCUT2D eigenvalue weighted by Gasteiger charge is 2.22. The van der Waals surface area contributed by atoms with E-state index in [1.165, 1.54) is 29.5 Å². The topological polar surface area (TPSA) is 29.1 Å². The maximum Gasteiger partial charge on any atom is 0.244 e. The number of rotatable bonds is 3. The molecule has 0 saturated carbocycles. The quantitative estimate of drug-likeness (QED) is 0.794. The summed E-state index contributed by atoms with van der Waals surface area (Å²) in [6, 6.07) is 8.25. The number of thioether (sulfide) groups is 1. The molecule has 0 bridgehead atoms. The van der Waals surface area contributed by atoms with E-state index < -0.39 is 0 Å². The zero-order valence-corrected chi connectivity index (χ0v) is 13.9. The minimum absolute atomic E-state index is 0.143. The van der Waals surface area contributed by atoms with Crippen LogP contribution in [0.4, 0.5) is 4.39 Å². The molecule has 1 amide bonds.